The molecular formula is C15H30N2O. The topological polar surface area (TPSA) is 24.5 Å². The number of hydrogen-bond donors (Lipinski definition) is 1. The van der Waals surface area contributed by atoms with Crippen LogP contribution in [0.4, 0.5) is 0 Å². The monoisotopic (exact) mass is 254 g/mol. The molecule has 2 aliphatic rings. The van der Waals surface area contributed by atoms with Crippen LogP contribution in [0.2, 0.25) is 0 Å². The Morgan fingerprint density at radius 1 is 1.33 bits per heavy atom. The molecule has 2 aliphatic heterocycles. The zero-order chi connectivity index (χ0) is 13.0. The van der Waals surface area contributed by atoms with Crippen molar-refractivity contribution >= 4 is 0 Å². The van der Waals surface area contributed by atoms with Crippen molar-refractivity contribution in [3.8, 4) is 0 Å². The van der Waals surface area contributed by atoms with E-state index in [-0.39, 0.29) is 0 Å². The van der Waals surface area contributed by atoms with Crippen molar-refractivity contribution < 1.29 is 4.74 Å². The molecule has 18 heavy (non-hydrogen) atoms. The smallest absolute Gasteiger partial charge is 0.0587 e. The Morgan fingerprint density at radius 2 is 2.17 bits per heavy atom. The first-order valence-corrected chi connectivity index (χ1v) is 7.81. The number of nitrogens with zero attached hydrogens (tertiary/aromatic N) is 1. The Labute approximate surface area is 112 Å². The Kier molecular flexibility index (Phi) is 5.46. The standard InChI is InChI=1S/C15H30N2O/c1-4-15-10-14(7-9-18-15)17(12(2)3)11-13-6-5-8-16-13/h12-16H,4-11H2,1-3H3. The van der Waals surface area contributed by atoms with Crippen LogP contribution in [-0.4, -0.2) is 48.8 Å². The molecule has 3 unspecified atom stereocenters. The van der Waals surface area contributed by atoms with Crippen molar-refractivity contribution in [2.75, 3.05) is 19.7 Å². The maximum atomic E-state index is 5.81. The van der Waals surface area contributed by atoms with Gasteiger partial charge in [-0.05, 0) is 52.5 Å². The molecule has 2 rings (SSSR count). The highest BCUT2D eigenvalue weighted by Crippen LogP contribution is 2.24. The molecule has 0 saturated carbocycles. The fourth-order valence-electron chi connectivity index (χ4n) is 3.39. The van der Waals surface area contributed by atoms with Crippen LogP contribution in [0.1, 0.15) is 52.9 Å². The van der Waals surface area contributed by atoms with Crippen molar-refractivity contribution in [2.24, 2.45) is 0 Å². The molecule has 0 aliphatic carbocycles. The molecule has 2 heterocycles. The number of nitrogens with one attached hydrogen (secondary N) is 1. The summed E-state index contributed by atoms with van der Waals surface area (Å²) in [5.74, 6) is 0. The summed E-state index contributed by atoms with van der Waals surface area (Å²) < 4.78 is 5.81. The minimum absolute atomic E-state index is 0.488. The Balaban J connectivity index is 1.91. The van der Waals surface area contributed by atoms with Crippen LogP contribution in [0.3, 0.4) is 0 Å². The lowest BCUT2D eigenvalue weighted by molar-refractivity contribution is -0.0364. The highest BCUT2D eigenvalue weighted by Gasteiger charge is 2.30. The van der Waals surface area contributed by atoms with E-state index in [0.717, 1.165) is 25.1 Å². The van der Waals surface area contributed by atoms with E-state index in [1.165, 1.54) is 38.8 Å². The molecule has 1 N–H and O–H groups in total. The average Bonchev–Trinajstić information content (AvgIpc) is 2.88. The second-order valence-electron chi connectivity index (χ2n) is 6.16. The summed E-state index contributed by atoms with van der Waals surface area (Å²) in [6.07, 6.45) is 6.78. The van der Waals surface area contributed by atoms with Crippen molar-refractivity contribution in [2.45, 2.75) is 77.1 Å². The van der Waals surface area contributed by atoms with Gasteiger partial charge in [-0.25, -0.2) is 0 Å². The SMILES string of the molecule is CCC1CC(N(CC2CCCN2)C(C)C)CCO1. The van der Waals surface area contributed by atoms with Gasteiger partial charge in [0.15, 0.2) is 0 Å². The molecule has 106 valence electrons. The second-order valence-corrected chi connectivity index (χ2v) is 6.16. The summed E-state index contributed by atoms with van der Waals surface area (Å²) >= 11 is 0. The Hall–Kier alpha value is -0.120. The molecule has 0 aromatic carbocycles. The van der Waals surface area contributed by atoms with E-state index in [9.17, 15) is 0 Å². The van der Waals surface area contributed by atoms with Gasteiger partial charge in [0, 0.05) is 31.3 Å². The van der Waals surface area contributed by atoms with Gasteiger partial charge in [-0.3, -0.25) is 4.90 Å². The third kappa shape index (κ3) is 3.69. The van der Waals surface area contributed by atoms with E-state index in [2.05, 4.69) is 31.0 Å². The van der Waals surface area contributed by atoms with Gasteiger partial charge < -0.3 is 10.1 Å². The molecule has 0 radical (unpaired) electrons. The fraction of sp³-hybridized carbons (Fsp3) is 1.00. The normalized spacial score (nSPS) is 33.5. The van der Waals surface area contributed by atoms with Crippen LogP contribution in [0.15, 0.2) is 0 Å². The van der Waals surface area contributed by atoms with E-state index in [0.29, 0.717) is 12.1 Å². The van der Waals surface area contributed by atoms with E-state index in [4.69, 9.17) is 4.74 Å². The van der Waals surface area contributed by atoms with E-state index < -0.39 is 0 Å². The second kappa shape index (κ2) is 6.88. The molecule has 0 bridgehead atoms. The summed E-state index contributed by atoms with van der Waals surface area (Å²) in [5, 5.41) is 3.63. The summed E-state index contributed by atoms with van der Waals surface area (Å²) in [6.45, 7) is 10.3. The lowest BCUT2D eigenvalue weighted by Gasteiger charge is -2.41. The Morgan fingerprint density at radius 3 is 2.78 bits per heavy atom. The lowest BCUT2D eigenvalue weighted by atomic mass is 9.98. The van der Waals surface area contributed by atoms with Gasteiger partial charge in [-0.15, -0.1) is 0 Å². The van der Waals surface area contributed by atoms with Crippen LogP contribution in [0, 0.1) is 0 Å². The quantitative estimate of drug-likeness (QED) is 0.815. The fourth-order valence-corrected chi connectivity index (χ4v) is 3.39. The van der Waals surface area contributed by atoms with Crippen molar-refractivity contribution in [1.29, 1.82) is 0 Å². The lowest BCUT2D eigenvalue weighted by Crippen LogP contribution is -2.50. The van der Waals surface area contributed by atoms with Crippen molar-refractivity contribution in [3.05, 3.63) is 0 Å². The van der Waals surface area contributed by atoms with Crippen LogP contribution in [-0.2, 0) is 4.74 Å². The predicted octanol–water partition coefficient (Wildman–Crippen LogP) is 2.41. The highest BCUT2D eigenvalue weighted by atomic mass is 16.5. The highest BCUT2D eigenvalue weighted by molar-refractivity contribution is 4.86. The third-order valence-corrected chi connectivity index (χ3v) is 4.52. The largest absolute Gasteiger partial charge is 0.378 e. The van der Waals surface area contributed by atoms with E-state index in [1.54, 1.807) is 0 Å². The number of hydrogen-bond acceptors (Lipinski definition) is 3. The van der Waals surface area contributed by atoms with E-state index >= 15 is 0 Å². The molecule has 3 atom stereocenters. The van der Waals surface area contributed by atoms with Gasteiger partial charge >= 0.3 is 0 Å². The first kappa shape index (κ1) is 14.3. The van der Waals surface area contributed by atoms with E-state index in [1.807, 2.05) is 0 Å². The first-order valence-electron chi connectivity index (χ1n) is 7.81. The summed E-state index contributed by atoms with van der Waals surface area (Å²) in [6, 6.07) is 2.09. The third-order valence-electron chi connectivity index (χ3n) is 4.52. The van der Waals surface area contributed by atoms with Crippen molar-refractivity contribution in [3.63, 3.8) is 0 Å². The van der Waals surface area contributed by atoms with Gasteiger partial charge in [-0.1, -0.05) is 6.92 Å². The van der Waals surface area contributed by atoms with Gasteiger partial charge in [0.25, 0.3) is 0 Å². The van der Waals surface area contributed by atoms with Gasteiger partial charge in [-0.2, -0.15) is 0 Å². The van der Waals surface area contributed by atoms with Crippen LogP contribution >= 0.6 is 0 Å². The average molecular weight is 254 g/mol. The van der Waals surface area contributed by atoms with Crippen LogP contribution in [0.5, 0.6) is 0 Å². The number of ether oxygens (including phenoxy) is 1. The summed E-state index contributed by atoms with van der Waals surface area (Å²) in [5.41, 5.74) is 0. The zero-order valence-electron chi connectivity index (χ0n) is 12.3. The minimum atomic E-state index is 0.488. The molecule has 0 spiro atoms. The molecule has 2 fully saturated rings. The molecule has 0 aromatic heterocycles. The van der Waals surface area contributed by atoms with Crippen LogP contribution in [0.25, 0.3) is 0 Å². The van der Waals surface area contributed by atoms with Gasteiger partial charge in [0.2, 0.25) is 0 Å². The zero-order valence-corrected chi connectivity index (χ0v) is 12.3. The first-order chi connectivity index (χ1) is 8.70. The summed E-state index contributed by atoms with van der Waals surface area (Å²) in [7, 11) is 0. The molecular weight excluding hydrogens is 224 g/mol. The van der Waals surface area contributed by atoms with Crippen molar-refractivity contribution in [1.82, 2.24) is 10.2 Å². The molecule has 0 amide bonds. The summed E-state index contributed by atoms with van der Waals surface area (Å²) in [4.78, 5) is 2.72. The molecule has 3 heteroatoms. The molecule has 0 aromatic rings. The number of rotatable bonds is 5. The molecule has 3 nitrogen and oxygen atoms in total. The van der Waals surface area contributed by atoms with Gasteiger partial charge in [0.1, 0.15) is 0 Å². The minimum Gasteiger partial charge on any atom is -0.378 e. The maximum absolute atomic E-state index is 5.81. The predicted molar refractivity (Wildman–Crippen MR) is 75.9 cm³/mol. The maximum Gasteiger partial charge on any atom is 0.0587 e. The van der Waals surface area contributed by atoms with Gasteiger partial charge in [0.05, 0.1) is 6.10 Å². The Bertz CT molecular complexity index is 239. The van der Waals surface area contributed by atoms with Crippen LogP contribution < -0.4 is 5.32 Å². The molecule has 2 saturated heterocycles.